The van der Waals surface area contributed by atoms with E-state index in [1.54, 1.807) is 0 Å². The van der Waals surface area contributed by atoms with Crippen LogP contribution in [0.4, 0.5) is 0 Å². The lowest BCUT2D eigenvalue weighted by Crippen LogP contribution is -2.53. The molecule has 0 aromatic rings. The molecule has 0 aliphatic heterocycles. The van der Waals surface area contributed by atoms with Gasteiger partial charge < -0.3 is 0 Å². The molecule has 128 valence electrons. The number of carbonyl (C=O) groups is 2. The standard InChI is InChI=1S/C21H32O2/c1-13(22)17-6-7-18-16-5-4-14-12-15(23)8-10-20(14,2)19(16)9-11-21(17,18)3/h14,16-19H,4-12H2,1-3H3/t14?,16?,17?,18?,19?,20-,21+/m0/s1. The molecule has 23 heavy (non-hydrogen) atoms. The van der Waals surface area contributed by atoms with E-state index in [1.165, 1.54) is 32.1 Å². The van der Waals surface area contributed by atoms with Crippen LogP contribution >= 0.6 is 0 Å². The Hall–Kier alpha value is -0.660. The van der Waals surface area contributed by atoms with Gasteiger partial charge in [0.15, 0.2) is 0 Å². The minimum atomic E-state index is 0.265. The first-order chi connectivity index (χ1) is 10.9. The predicted molar refractivity (Wildman–Crippen MR) is 90.9 cm³/mol. The molecule has 0 N–H and O–H groups in total. The smallest absolute Gasteiger partial charge is 0.133 e. The Kier molecular flexibility index (Phi) is 3.56. The Labute approximate surface area is 140 Å². The van der Waals surface area contributed by atoms with Gasteiger partial charge in [-0.25, -0.2) is 0 Å². The fourth-order valence-corrected chi connectivity index (χ4v) is 7.71. The molecule has 7 atom stereocenters. The molecule has 4 aliphatic carbocycles. The third-order valence-electron chi connectivity index (χ3n) is 8.97. The summed E-state index contributed by atoms with van der Waals surface area (Å²) in [5.41, 5.74) is 0.660. The van der Waals surface area contributed by atoms with Crippen molar-refractivity contribution in [3.05, 3.63) is 0 Å². The fourth-order valence-electron chi connectivity index (χ4n) is 7.71. The maximum atomic E-state index is 12.2. The van der Waals surface area contributed by atoms with Crippen molar-refractivity contribution in [2.24, 2.45) is 40.4 Å². The molecule has 4 saturated carbocycles. The first-order valence-electron chi connectivity index (χ1n) is 9.88. The number of ketones is 2. The number of rotatable bonds is 1. The average molecular weight is 316 g/mol. The molecule has 4 aliphatic rings. The summed E-state index contributed by atoms with van der Waals surface area (Å²) in [4.78, 5) is 24.1. The van der Waals surface area contributed by atoms with E-state index in [2.05, 4.69) is 13.8 Å². The van der Waals surface area contributed by atoms with Gasteiger partial charge in [-0.15, -0.1) is 0 Å². The third kappa shape index (κ3) is 2.12. The van der Waals surface area contributed by atoms with Crippen molar-refractivity contribution in [2.45, 2.75) is 78.6 Å². The Morgan fingerprint density at radius 1 is 0.957 bits per heavy atom. The molecule has 2 nitrogen and oxygen atoms in total. The quantitative estimate of drug-likeness (QED) is 0.696. The molecule has 0 spiro atoms. The van der Waals surface area contributed by atoms with E-state index >= 15 is 0 Å². The van der Waals surface area contributed by atoms with Gasteiger partial charge in [0.2, 0.25) is 0 Å². The zero-order valence-corrected chi connectivity index (χ0v) is 15.1. The average Bonchev–Trinajstić information content (AvgIpc) is 2.85. The van der Waals surface area contributed by atoms with Gasteiger partial charge in [0.05, 0.1) is 0 Å². The van der Waals surface area contributed by atoms with Gasteiger partial charge in [0.1, 0.15) is 11.6 Å². The maximum absolute atomic E-state index is 12.2. The second-order valence-electron chi connectivity index (χ2n) is 9.68. The van der Waals surface area contributed by atoms with Crippen molar-refractivity contribution >= 4 is 11.6 Å². The molecule has 4 rings (SSSR count). The lowest BCUT2D eigenvalue weighted by Gasteiger charge is -2.60. The highest BCUT2D eigenvalue weighted by atomic mass is 16.1. The Balaban J connectivity index is 1.63. The molecule has 0 heterocycles. The van der Waals surface area contributed by atoms with Crippen molar-refractivity contribution in [3.63, 3.8) is 0 Å². The molecule has 0 aromatic carbocycles. The summed E-state index contributed by atoms with van der Waals surface area (Å²) in [6, 6.07) is 0. The molecule has 0 radical (unpaired) electrons. The molecule has 0 saturated heterocycles. The zero-order chi connectivity index (χ0) is 16.4. The summed E-state index contributed by atoms with van der Waals surface area (Å²) in [6.45, 7) is 6.74. The summed E-state index contributed by atoms with van der Waals surface area (Å²) in [5, 5.41) is 0. The Morgan fingerprint density at radius 3 is 2.43 bits per heavy atom. The molecular formula is C21H32O2. The third-order valence-corrected chi connectivity index (χ3v) is 8.97. The predicted octanol–water partition coefficient (Wildman–Crippen LogP) is 4.80. The summed E-state index contributed by atoms with van der Waals surface area (Å²) < 4.78 is 0. The van der Waals surface area contributed by atoms with E-state index in [4.69, 9.17) is 0 Å². The first kappa shape index (κ1) is 15.8. The number of carbonyl (C=O) groups excluding carboxylic acids is 2. The van der Waals surface area contributed by atoms with Crippen molar-refractivity contribution in [1.29, 1.82) is 0 Å². The van der Waals surface area contributed by atoms with Crippen LogP contribution < -0.4 is 0 Å². The summed E-state index contributed by atoms with van der Waals surface area (Å²) in [6.07, 6.45) is 10.3. The van der Waals surface area contributed by atoms with Crippen LogP contribution in [-0.4, -0.2) is 11.6 Å². The second-order valence-corrected chi connectivity index (χ2v) is 9.68. The van der Waals surface area contributed by atoms with E-state index in [0.717, 1.165) is 43.4 Å². The molecular weight excluding hydrogens is 284 g/mol. The van der Waals surface area contributed by atoms with Crippen LogP contribution in [0.2, 0.25) is 0 Å². The molecule has 5 unspecified atom stereocenters. The van der Waals surface area contributed by atoms with E-state index < -0.39 is 0 Å². The lowest BCUT2D eigenvalue weighted by atomic mass is 9.44. The van der Waals surface area contributed by atoms with Crippen molar-refractivity contribution in [3.8, 4) is 0 Å². The van der Waals surface area contributed by atoms with Gasteiger partial charge in [-0.1, -0.05) is 13.8 Å². The largest absolute Gasteiger partial charge is 0.300 e. The maximum Gasteiger partial charge on any atom is 0.133 e. The second kappa shape index (κ2) is 5.17. The van der Waals surface area contributed by atoms with Crippen LogP contribution in [0.15, 0.2) is 0 Å². The summed E-state index contributed by atoms with van der Waals surface area (Å²) in [7, 11) is 0. The molecule has 0 bridgehead atoms. The van der Waals surface area contributed by atoms with Crippen LogP contribution in [0.1, 0.15) is 78.6 Å². The highest BCUT2D eigenvalue weighted by molar-refractivity contribution is 5.80. The molecule has 2 heteroatoms. The molecule has 4 fully saturated rings. The molecule has 0 amide bonds. The van der Waals surface area contributed by atoms with E-state index in [9.17, 15) is 9.59 Å². The van der Waals surface area contributed by atoms with Gasteiger partial charge >= 0.3 is 0 Å². The van der Waals surface area contributed by atoms with Crippen molar-refractivity contribution in [2.75, 3.05) is 0 Å². The topological polar surface area (TPSA) is 34.1 Å². The highest BCUT2D eigenvalue weighted by Crippen LogP contribution is 2.67. The lowest BCUT2D eigenvalue weighted by molar-refractivity contribution is -0.143. The van der Waals surface area contributed by atoms with Crippen molar-refractivity contribution < 1.29 is 9.59 Å². The molecule has 0 aromatic heterocycles. The van der Waals surface area contributed by atoms with E-state index in [-0.39, 0.29) is 5.41 Å². The summed E-state index contributed by atoms with van der Waals surface area (Å²) in [5.74, 6) is 4.25. The minimum absolute atomic E-state index is 0.265. The van der Waals surface area contributed by atoms with Crippen LogP contribution in [0.5, 0.6) is 0 Å². The van der Waals surface area contributed by atoms with E-state index in [0.29, 0.717) is 28.8 Å². The number of fused-ring (bicyclic) bond motifs is 5. The van der Waals surface area contributed by atoms with Gasteiger partial charge in [-0.3, -0.25) is 9.59 Å². The van der Waals surface area contributed by atoms with Crippen molar-refractivity contribution in [1.82, 2.24) is 0 Å². The van der Waals surface area contributed by atoms with Crippen LogP contribution in [0.25, 0.3) is 0 Å². The fraction of sp³-hybridized carbons (Fsp3) is 0.905. The van der Waals surface area contributed by atoms with Gasteiger partial charge in [-0.05, 0) is 86.4 Å². The monoisotopic (exact) mass is 316 g/mol. The Bertz CT molecular complexity index is 538. The minimum Gasteiger partial charge on any atom is -0.300 e. The number of hydrogen-bond acceptors (Lipinski definition) is 2. The van der Waals surface area contributed by atoms with Gasteiger partial charge in [-0.2, -0.15) is 0 Å². The number of Topliss-reactive ketones (excluding diaryl/α,β-unsaturated/α-hetero) is 2. The van der Waals surface area contributed by atoms with Gasteiger partial charge in [0, 0.05) is 18.8 Å². The zero-order valence-electron chi connectivity index (χ0n) is 15.1. The highest BCUT2D eigenvalue weighted by Gasteiger charge is 2.60. The SMILES string of the molecule is CC(=O)C1CCC2C3CCC4CC(=O)CC[C@]4(C)C3CC[C@]12C. The first-order valence-corrected chi connectivity index (χ1v) is 9.88. The summed E-state index contributed by atoms with van der Waals surface area (Å²) >= 11 is 0. The van der Waals surface area contributed by atoms with E-state index in [1.807, 2.05) is 6.92 Å². The van der Waals surface area contributed by atoms with Gasteiger partial charge in [0.25, 0.3) is 0 Å². The normalized spacial score (nSPS) is 52.5. The number of hydrogen-bond donors (Lipinski definition) is 0. The van der Waals surface area contributed by atoms with Crippen LogP contribution in [0, 0.1) is 40.4 Å². The van der Waals surface area contributed by atoms with Crippen LogP contribution in [0.3, 0.4) is 0 Å². The Morgan fingerprint density at radius 2 is 1.70 bits per heavy atom. The van der Waals surface area contributed by atoms with Crippen LogP contribution in [-0.2, 0) is 9.59 Å².